The lowest BCUT2D eigenvalue weighted by atomic mass is 10.0. The number of halogens is 1. The number of rotatable bonds is 3. The number of aldehydes is 1. The van der Waals surface area contributed by atoms with Crippen molar-refractivity contribution in [2.75, 3.05) is 0 Å². The van der Waals surface area contributed by atoms with E-state index >= 15 is 0 Å². The quantitative estimate of drug-likeness (QED) is 0.614. The lowest BCUT2D eigenvalue weighted by Crippen LogP contribution is -1.92. The van der Waals surface area contributed by atoms with Gasteiger partial charge in [-0.25, -0.2) is 0 Å². The van der Waals surface area contributed by atoms with Gasteiger partial charge in [0.25, 0.3) is 0 Å². The molecule has 0 saturated heterocycles. The minimum absolute atomic E-state index is 0.768. The summed E-state index contributed by atoms with van der Waals surface area (Å²) in [6.45, 7) is 5.77. The van der Waals surface area contributed by atoms with E-state index in [2.05, 4.69) is 27.8 Å². The zero-order chi connectivity index (χ0) is 11.7. The van der Waals surface area contributed by atoms with Gasteiger partial charge >= 0.3 is 0 Å². The molecule has 82 valence electrons. The fourth-order valence-electron chi connectivity index (χ4n) is 1.88. The highest BCUT2D eigenvalue weighted by atomic mass is 127. The molecular weight excluding hydrogens is 333 g/mol. The minimum atomic E-state index is 0.768. The second kappa shape index (κ2) is 4.63. The molecule has 0 saturated carbocycles. The Hall–Kier alpha value is -0.750. The normalized spacial score (nSPS) is 10.6. The Morgan fingerprint density at radius 2 is 2.31 bits per heavy atom. The number of hydrogen-bond acceptors (Lipinski definition) is 2. The number of carbonyl (C=O) groups excluding carboxylic acids is 1. The molecule has 2 aromatic rings. The zero-order valence-electron chi connectivity index (χ0n) is 8.74. The molecule has 0 atom stereocenters. The summed E-state index contributed by atoms with van der Waals surface area (Å²) in [5, 5.41) is 0.995. The van der Waals surface area contributed by atoms with Crippen LogP contribution in [0.2, 0.25) is 0 Å². The second-order valence-corrected chi connectivity index (χ2v) is 5.20. The molecule has 0 spiro atoms. The molecule has 2 nitrogen and oxygen atoms in total. The molecule has 0 unspecified atom stereocenters. The van der Waals surface area contributed by atoms with Crippen LogP contribution < -0.4 is 0 Å². The van der Waals surface area contributed by atoms with Gasteiger partial charge in [-0.05, 0) is 30.2 Å². The number of carbonyl (C=O) groups is 1. The summed E-state index contributed by atoms with van der Waals surface area (Å²) in [7, 11) is 1.58. The summed E-state index contributed by atoms with van der Waals surface area (Å²) in [5.41, 5.74) is 3.88. The molecule has 4 heteroatoms. The van der Waals surface area contributed by atoms with Gasteiger partial charge in [0.05, 0.1) is 5.52 Å². The van der Waals surface area contributed by atoms with Crippen molar-refractivity contribution in [1.29, 1.82) is 0 Å². The smallest absolute Gasteiger partial charge is 0.150 e. The maximum absolute atomic E-state index is 11.1. The summed E-state index contributed by atoms with van der Waals surface area (Å²) >= 11 is 2.22. The van der Waals surface area contributed by atoms with Gasteiger partial charge in [-0.2, -0.15) is 0 Å². The molecule has 1 aromatic heterocycles. The molecule has 0 aliphatic carbocycles. The van der Waals surface area contributed by atoms with E-state index in [9.17, 15) is 4.79 Å². The molecule has 2 rings (SSSR count). The first-order chi connectivity index (χ1) is 7.72. The van der Waals surface area contributed by atoms with Crippen LogP contribution in [0, 0.1) is 6.92 Å². The van der Waals surface area contributed by atoms with E-state index in [0.29, 0.717) is 0 Å². The van der Waals surface area contributed by atoms with Crippen molar-refractivity contribution >= 4 is 53.6 Å². The molecule has 1 heterocycles. The van der Waals surface area contributed by atoms with Crippen molar-refractivity contribution in [3.8, 4) is 0 Å². The van der Waals surface area contributed by atoms with Crippen LogP contribution in [-0.2, 0) is 0 Å². The van der Waals surface area contributed by atoms with Gasteiger partial charge in [0.2, 0.25) is 0 Å². The lowest BCUT2D eigenvalue weighted by molar-refractivity contribution is 0.112. The van der Waals surface area contributed by atoms with Gasteiger partial charge in [-0.3, -0.25) is 8.77 Å². The molecule has 0 N–H and O–H groups in total. The minimum Gasteiger partial charge on any atom is -0.298 e. The van der Waals surface area contributed by atoms with Crippen molar-refractivity contribution in [3.63, 3.8) is 0 Å². The van der Waals surface area contributed by atoms with E-state index in [0.717, 1.165) is 33.9 Å². The number of hydrogen-bond donors (Lipinski definition) is 0. The molecule has 0 radical (unpaired) electrons. The SMILES string of the molecule is C=Cc1cc(C)c(C=O)c2ccn(SI)c12. The molecule has 0 amide bonds. The largest absolute Gasteiger partial charge is 0.298 e. The average molecular weight is 343 g/mol. The van der Waals surface area contributed by atoms with Crippen LogP contribution in [0.25, 0.3) is 17.0 Å². The van der Waals surface area contributed by atoms with Gasteiger partial charge in [-0.15, -0.1) is 0 Å². The molecule has 0 bridgehead atoms. The van der Waals surface area contributed by atoms with Crippen LogP contribution in [-0.4, -0.2) is 10.3 Å². The maximum Gasteiger partial charge on any atom is 0.150 e. The van der Waals surface area contributed by atoms with Crippen molar-refractivity contribution in [2.45, 2.75) is 6.92 Å². The highest BCUT2D eigenvalue weighted by Gasteiger charge is 2.11. The third kappa shape index (κ3) is 1.69. The van der Waals surface area contributed by atoms with Gasteiger partial charge < -0.3 is 0 Å². The highest BCUT2D eigenvalue weighted by Crippen LogP contribution is 2.31. The van der Waals surface area contributed by atoms with Crippen LogP contribution in [0.15, 0.2) is 24.9 Å². The Morgan fingerprint density at radius 1 is 1.56 bits per heavy atom. The predicted octanol–water partition coefficient (Wildman–Crippen LogP) is 4.25. The summed E-state index contributed by atoms with van der Waals surface area (Å²) in [6.07, 6.45) is 4.72. The molecule has 0 fully saturated rings. The monoisotopic (exact) mass is 343 g/mol. The van der Waals surface area contributed by atoms with E-state index in [1.165, 1.54) is 0 Å². The van der Waals surface area contributed by atoms with Crippen LogP contribution in [0.3, 0.4) is 0 Å². The average Bonchev–Trinajstić information content (AvgIpc) is 2.71. The van der Waals surface area contributed by atoms with E-state index in [4.69, 9.17) is 0 Å². The molecular formula is C12H10INOS. The fourth-order valence-corrected chi connectivity index (χ4v) is 3.24. The summed E-state index contributed by atoms with van der Waals surface area (Å²) in [4.78, 5) is 11.1. The Kier molecular flexibility index (Phi) is 3.39. The van der Waals surface area contributed by atoms with Crippen LogP contribution in [0.4, 0.5) is 0 Å². The highest BCUT2D eigenvalue weighted by molar-refractivity contribution is 14.2. The first kappa shape index (κ1) is 11.7. The van der Waals surface area contributed by atoms with Gasteiger partial charge in [0, 0.05) is 47.5 Å². The van der Waals surface area contributed by atoms with Crippen molar-refractivity contribution in [3.05, 3.63) is 41.6 Å². The predicted molar refractivity (Wildman–Crippen MR) is 79.2 cm³/mol. The summed E-state index contributed by atoms with van der Waals surface area (Å²) in [5.74, 6) is 0. The van der Waals surface area contributed by atoms with E-state index < -0.39 is 0 Å². The number of aromatic nitrogens is 1. The standard InChI is InChI=1S/C12H10INOS/c1-3-9-6-8(2)11(7-15)10-4-5-14(16-13)12(9)10/h3-7H,1H2,2H3. The van der Waals surface area contributed by atoms with E-state index in [1.807, 2.05) is 35.3 Å². The first-order valence-electron chi connectivity index (χ1n) is 4.74. The lowest BCUT2D eigenvalue weighted by Gasteiger charge is -2.07. The van der Waals surface area contributed by atoms with Crippen molar-refractivity contribution < 1.29 is 4.79 Å². The maximum atomic E-state index is 11.1. The van der Waals surface area contributed by atoms with Crippen LogP contribution in [0.1, 0.15) is 21.5 Å². The first-order valence-corrected chi connectivity index (χ1v) is 8.06. The van der Waals surface area contributed by atoms with Gasteiger partial charge in [0.15, 0.2) is 6.29 Å². The molecule has 16 heavy (non-hydrogen) atoms. The Bertz CT molecular complexity index is 574. The van der Waals surface area contributed by atoms with Crippen molar-refractivity contribution in [2.24, 2.45) is 0 Å². The van der Waals surface area contributed by atoms with Crippen molar-refractivity contribution in [1.82, 2.24) is 3.97 Å². The molecule has 1 aromatic carbocycles. The fraction of sp³-hybridized carbons (Fsp3) is 0.0833. The third-order valence-electron chi connectivity index (χ3n) is 2.62. The third-order valence-corrected chi connectivity index (χ3v) is 4.35. The van der Waals surface area contributed by atoms with Crippen LogP contribution in [0.5, 0.6) is 0 Å². The number of aryl methyl sites for hydroxylation is 1. The number of benzene rings is 1. The van der Waals surface area contributed by atoms with Crippen LogP contribution >= 0.6 is 30.3 Å². The van der Waals surface area contributed by atoms with Gasteiger partial charge in [0.1, 0.15) is 0 Å². The molecule has 0 aliphatic heterocycles. The van der Waals surface area contributed by atoms with Gasteiger partial charge in [-0.1, -0.05) is 12.7 Å². The Labute approximate surface area is 110 Å². The Morgan fingerprint density at radius 3 is 2.88 bits per heavy atom. The summed E-state index contributed by atoms with van der Waals surface area (Å²) in [6, 6.07) is 3.98. The summed E-state index contributed by atoms with van der Waals surface area (Å²) < 4.78 is 2.04. The topological polar surface area (TPSA) is 22.0 Å². The van der Waals surface area contributed by atoms with E-state index in [1.54, 1.807) is 9.12 Å². The molecule has 0 aliphatic rings. The number of fused-ring (bicyclic) bond motifs is 1. The van der Waals surface area contributed by atoms with E-state index in [-0.39, 0.29) is 0 Å². The second-order valence-electron chi connectivity index (χ2n) is 3.49. The Balaban J connectivity index is 2.95. The zero-order valence-corrected chi connectivity index (χ0v) is 11.7. The number of nitrogens with zero attached hydrogens (tertiary/aromatic N) is 1.